The van der Waals surface area contributed by atoms with Gasteiger partial charge in [0.1, 0.15) is 5.78 Å². The topological polar surface area (TPSA) is 37.3 Å². The highest BCUT2D eigenvalue weighted by molar-refractivity contribution is 5.79. The zero-order valence-electron chi connectivity index (χ0n) is 7.55. The summed E-state index contributed by atoms with van der Waals surface area (Å²) >= 11 is 0. The largest absolute Gasteiger partial charge is 0.393 e. The summed E-state index contributed by atoms with van der Waals surface area (Å²) in [5.41, 5.74) is 0.0634. The lowest BCUT2D eigenvalue weighted by Gasteiger charge is -2.37. The molecule has 2 nitrogen and oxygen atoms in total. The van der Waals surface area contributed by atoms with Crippen LogP contribution in [0.1, 0.15) is 39.0 Å². The first-order chi connectivity index (χ1) is 5.63. The molecular formula is C10H16O2. The van der Waals surface area contributed by atoms with Crippen molar-refractivity contribution in [2.24, 2.45) is 11.3 Å². The van der Waals surface area contributed by atoms with Crippen LogP contribution in [0.5, 0.6) is 0 Å². The van der Waals surface area contributed by atoms with Crippen LogP contribution >= 0.6 is 0 Å². The summed E-state index contributed by atoms with van der Waals surface area (Å²) in [5.74, 6) is 0.861. The Bertz CT molecular complexity index is 212. The number of hydrogen-bond donors (Lipinski definition) is 1. The molecule has 3 atom stereocenters. The molecule has 2 aliphatic rings. The van der Waals surface area contributed by atoms with Crippen LogP contribution < -0.4 is 0 Å². The third-order valence-corrected chi connectivity index (χ3v) is 3.90. The van der Waals surface area contributed by atoms with Gasteiger partial charge in [-0.1, -0.05) is 6.92 Å². The van der Waals surface area contributed by atoms with Crippen molar-refractivity contribution in [3.05, 3.63) is 0 Å². The second-order valence-corrected chi connectivity index (χ2v) is 4.54. The van der Waals surface area contributed by atoms with E-state index in [0.29, 0.717) is 24.5 Å². The highest BCUT2D eigenvalue weighted by Crippen LogP contribution is 2.50. The highest BCUT2D eigenvalue weighted by atomic mass is 16.3. The van der Waals surface area contributed by atoms with Crippen molar-refractivity contribution >= 4 is 5.78 Å². The molecule has 0 aliphatic heterocycles. The van der Waals surface area contributed by atoms with Gasteiger partial charge in [0.05, 0.1) is 6.10 Å². The number of aliphatic hydroxyl groups is 1. The van der Waals surface area contributed by atoms with E-state index in [1.54, 1.807) is 0 Å². The smallest absolute Gasteiger partial charge is 0.133 e. The van der Waals surface area contributed by atoms with E-state index in [0.717, 1.165) is 19.3 Å². The van der Waals surface area contributed by atoms with E-state index in [4.69, 9.17) is 0 Å². The first-order valence-electron chi connectivity index (χ1n) is 4.83. The molecule has 2 saturated carbocycles. The summed E-state index contributed by atoms with van der Waals surface area (Å²) in [4.78, 5) is 11.2. The van der Waals surface area contributed by atoms with Crippen molar-refractivity contribution in [3.63, 3.8) is 0 Å². The maximum atomic E-state index is 11.2. The Morgan fingerprint density at radius 1 is 1.50 bits per heavy atom. The normalized spacial score (nSPS) is 47.7. The van der Waals surface area contributed by atoms with Crippen LogP contribution in [0.4, 0.5) is 0 Å². The van der Waals surface area contributed by atoms with Gasteiger partial charge in [-0.25, -0.2) is 0 Å². The molecule has 0 radical (unpaired) electrons. The van der Waals surface area contributed by atoms with Crippen LogP contribution in [0.2, 0.25) is 0 Å². The fourth-order valence-corrected chi connectivity index (χ4v) is 2.78. The molecule has 2 fully saturated rings. The number of carbonyl (C=O) groups excluding carboxylic acids is 1. The molecule has 0 saturated heterocycles. The molecular weight excluding hydrogens is 152 g/mol. The molecule has 2 unspecified atom stereocenters. The quantitative estimate of drug-likeness (QED) is 0.595. The minimum atomic E-state index is -0.157. The predicted molar refractivity (Wildman–Crippen MR) is 45.7 cm³/mol. The van der Waals surface area contributed by atoms with Crippen LogP contribution in [0.3, 0.4) is 0 Å². The third kappa shape index (κ3) is 1.01. The monoisotopic (exact) mass is 168 g/mol. The van der Waals surface area contributed by atoms with Crippen LogP contribution in [0.25, 0.3) is 0 Å². The maximum Gasteiger partial charge on any atom is 0.133 e. The minimum Gasteiger partial charge on any atom is -0.393 e. The molecule has 0 heterocycles. The Balaban J connectivity index is 2.19. The summed E-state index contributed by atoms with van der Waals surface area (Å²) in [6, 6.07) is 0. The fraction of sp³-hybridized carbons (Fsp3) is 0.900. The van der Waals surface area contributed by atoms with E-state index in [9.17, 15) is 9.90 Å². The first kappa shape index (κ1) is 8.24. The second-order valence-electron chi connectivity index (χ2n) is 4.54. The fourth-order valence-electron chi connectivity index (χ4n) is 2.78. The van der Waals surface area contributed by atoms with Crippen LogP contribution in [-0.2, 0) is 4.79 Å². The molecule has 68 valence electrons. The standard InChI is InChI=1S/C10H16O2/c1-10-5-4-8(11)6-7(10)2-3-9(10)12/h7,9,12H,2-6H2,1H3/t7-,9?,10?/m0/s1. The Kier molecular flexibility index (Phi) is 1.76. The van der Waals surface area contributed by atoms with Gasteiger partial charge in [0.2, 0.25) is 0 Å². The van der Waals surface area contributed by atoms with Gasteiger partial charge in [0.15, 0.2) is 0 Å². The van der Waals surface area contributed by atoms with Crippen molar-refractivity contribution < 1.29 is 9.90 Å². The van der Waals surface area contributed by atoms with E-state index in [1.165, 1.54) is 0 Å². The average Bonchev–Trinajstić information content (AvgIpc) is 2.31. The zero-order valence-corrected chi connectivity index (χ0v) is 7.55. The summed E-state index contributed by atoms with van der Waals surface area (Å²) in [6.45, 7) is 2.14. The summed E-state index contributed by atoms with van der Waals surface area (Å²) in [5, 5.41) is 9.76. The molecule has 0 aromatic carbocycles. The van der Waals surface area contributed by atoms with Gasteiger partial charge in [-0.3, -0.25) is 4.79 Å². The third-order valence-electron chi connectivity index (χ3n) is 3.90. The number of aliphatic hydroxyl groups excluding tert-OH is 1. The Morgan fingerprint density at radius 3 is 3.00 bits per heavy atom. The predicted octanol–water partition coefficient (Wildman–Crippen LogP) is 1.52. The second kappa shape index (κ2) is 2.56. The molecule has 0 aromatic heterocycles. The Morgan fingerprint density at radius 2 is 2.25 bits per heavy atom. The average molecular weight is 168 g/mol. The molecule has 0 amide bonds. The van der Waals surface area contributed by atoms with Crippen molar-refractivity contribution in [1.29, 1.82) is 0 Å². The molecule has 0 spiro atoms. The van der Waals surface area contributed by atoms with Gasteiger partial charge >= 0.3 is 0 Å². The molecule has 2 rings (SSSR count). The first-order valence-corrected chi connectivity index (χ1v) is 4.83. The van der Waals surface area contributed by atoms with Gasteiger partial charge in [-0.05, 0) is 30.6 Å². The molecule has 0 bridgehead atoms. The van der Waals surface area contributed by atoms with Crippen LogP contribution in [0, 0.1) is 11.3 Å². The lowest BCUT2D eigenvalue weighted by atomic mass is 9.68. The van der Waals surface area contributed by atoms with Crippen molar-refractivity contribution in [2.45, 2.75) is 45.1 Å². The Labute approximate surface area is 73.0 Å². The van der Waals surface area contributed by atoms with Gasteiger partial charge in [0, 0.05) is 12.8 Å². The summed E-state index contributed by atoms with van der Waals surface area (Å²) in [6.07, 6.45) is 4.09. The number of Topliss-reactive ketones (excluding diaryl/α,β-unsaturated/α-hetero) is 1. The Hall–Kier alpha value is -0.370. The molecule has 0 aromatic rings. The van der Waals surface area contributed by atoms with Gasteiger partial charge in [0.25, 0.3) is 0 Å². The van der Waals surface area contributed by atoms with Crippen molar-refractivity contribution in [1.82, 2.24) is 0 Å². The zero-order chi connectivity index (χ0) is 8.77. The van der Waals surface area contributed by atoms with Gasteiger partial charge in [-0.2, -0.15) is 0 Å². The van der Waals surface area contributed by atoms with Gasteiger partial charge in [-0.15, -0.1) is 0 Å². The lowest BCUT2D eigenvalue weighted by molar-refractivity contribution is -0.125. The highest BCUT2D eigenvalue weighted by Gasteiger charge is 2.48. The van der Waals surface area contributed by atoms with E-state index in [1.807, 2.05) is 0 Å². The van der Waals surface area contributed by atoms with Crippen LogP contribution in [0.15, 0.2) is 0 Å². The minimum absolute atomic E-state index is 0.0634. The summed E-state index contributed by atoms with van der Waals surface area (Å²) in [7, 11) is 0. The molecule has 12 heavy (non-hydrogen) atoms. The number of fused-ring (bicyclic) bond motifs is 1. The molecule has 1 N–H and O–H groups in total. The van der Waals surface area contributed by atoms with E-state index in [2.05, 4.69) is 6.92 Å². The number of carbonyl (C=O) groups is 1. The number of hydrogen-bond acceptors (Lipinski definition) is 2. The maximum absolute atomic E-state index is 11.2. The van der Waals surface area contributed by atoms with Crippen molar-refractivity contribution in [3.8, 4) is 0 Å². The van der Waals surface area contributed by atoms with E-state index in [-0.39, 0.29) is 11.5 Å². The number of rotatable bonds is 0. The summed E-state index contributed by atoms with van der Waals surface area (Å²) < 4.78 is 0. The lowest BCUT2D eigenvalue weighted by Crippen LogP contribution is -2.37. The SMILES string of the molecule is CC12CCC(=O)C[C@@H]1CCC2O. The van der Waals surface area contributed by atoms with Crippen LogP contribution in [-0.4, -0.2) is 17.0 Å². The van der Waals surface area contributed by atoms with Gasteiger partial charge < -0.3 is 5.11 Å². The van der Waals surface area contributed by atoms with E-state index >= 15 is 0 Å². The van der Waals surface area contributed by atoms with Crippen molar-refractivity contribution in [2.75, 3.05) is 0 Å². The number of ketones is 1. The molecule has 2 aliphatic carbocycles. The van der Waals surface area contributed by atoms with E-state index < -0.39 is 0 Å². The molecule has 2 heteroatoms.